The van der Waals surface area contributed by atoms with Gasteiger partial charge < -0.3 is 15.6 Å². The summed E-state index contributed by atoms with van der Waals surface area (Å²) < 4.78 is 5.34. The van der Waals surface area contributed by atoms with Gasteiger partial charge in [0.05, 0.1) is 18.8 Å². The summed E-state index contributed by atoms with van der Waals surface area (Å²) in [6, 6.07) is 7.15. The fourth-order valence-corrected chi connectivity index (χ4v) is 1.26. The fourth-order valence-electron chi connectivity index (χ4n) is 1.26. The molecule has 2 unspecified atom stereocenters. The first-order valence-corrected chi connectivity index (χ1v) is 4.81. The molecule has 3 nitrogen and oxygen atoms in total. The molecular formula is C11H18ClNO2. The largest absolute Gasteiger partial charge is 0.494 e. The maximum atomic E-state index is 9.33. The normalized spacial score (nSPS) is 13.9. The summed E-state index contributed by atoms with van der Waals surface area (Å²) in [6.07, 6.45) is -0.549. The number of benzene rings is 1. The Morgan fingerprint density at radius 3 is 2.67 bits per heavy atom. The molecule has 0 aliphatic carbocycles. The molecule has 0 spiro atoms. The highest BCUT2D eigenvalue weighted by Crippen LogP contribution is 2.19. The van der Waals surface area contributed by atoms with E-state index >= 15 is 0 Å². The Morgan fingerprint density at radius 1 is 1.47 bits per heavy atom. The monoisotopic (exact) mass is 231 g/mol. The summed E-state index contributed by atoms with van der Waals surface area (Å²) in [5, 5.41) is 9.33. The van der Waals surface area contributed by atoms with Crippen molar-refractivity contribution in [3.63, 3.8) is 0 Å². The minimum Gasteiger partial charge on any atom is -0.494 e. The summed E-state index contributed by atoms with van der Waals surface area (Å²) in [6.45, 7) is 4.24. The van der Waals surface area contributed by atoms with Crippen LogP contribution in [0.3, 0.4) is 0 Å². The van der Waals surface area contributed by atoms with Crippen LogP contribution >= 0.6 is 12.4 Å². The van der Waals surface area contributed by atoms with E-state index in [-0.39, 0.29) is 18.4 Å². The first-order chi connectivity index (χ1) is 6.65. The lowest BCUT2D eigenvalue weighted by Gasteiger charge is -2.15. The van der Waals surface area contributed by atoms with Gasteiger partial charge >= 0.3 is 0 Å². The van der Waals surface area contributed by atoms with E-state index in [2.05, 4.69) is 0 Å². The third-order valence-electron chi connectivity index (χ3n) is 2.07. The maximum absolute atomic E-state index is 9.33. The minimum absolute atomic E-state index is 0. The lowest BCUT2D eigenvalue weighted by molar-refractivity contribution is 0.164. The Morgan fingerprint density at radius 2 is 2.13 bits per heavy atom. The number of rotatable bonds is 4. The number of halogens is 1. The molecular weight excluding hydrogens is 214 g/mol. The molecule has 1 aromatic carbocycles. The van der Waals surface area contributed by atoms with E-state index in [4.69, 9.17) is 10.5 Å². The van der Waals surface area contributed by atoms with Crippen molar-refractivity contribution in [3.8, 4) is 5.75 Å². The number of hydrogen-bond acceptors (Lipinski definition) is 3. The summed E-state index contributed by atoms with van der Waals surface area (Å²) >= 11 is 0. The molecule has 0 amide bonds. The lowest BCUT2D eigenvalue weighted by atomic mass is 10.0. The van der Waals surface area contributed by atoms with E-state index in [0.717, 1.165) is 11.3 Å². The van der Waals surface area contributed by atoms with Gasteiger partial charge in [0.2, 0.25) is 0 Å². The highest BCUT2D eigenvalue weighted by Gasteiger charge is 2.11. The van der Waals surface area contributed by atoms with Gasteiger partial charge in [-0.15, -0.1) is 12.4 Å². The van der Waals surface area contributed by atoms with E-state index in [9.17, 15) is 5.11 Å². The quantitative estimate of drug-likeness (QED) is 0.832. The Balaban J connectivity index is 0.00000196. The zero-order valence-corrected chi connectivity index (χ0v) is 9.83. The third-order valence-corrected chi connectivity index (χ3v) is 2.07. The fraction of sp³-hybridized carbons (Fsp3) is 0.455. The van der Waals surface area contributed by atoms with Gasteiger partial charge in [-0.2, -0.15) is 0 Å². The average Bonchev–Trinajstić information content (AvgIpc) is 2.17. The van der Waals surface area contributed by atoms with E-state index in [0.29, 0.717) is 6.61 Å². The van der Waals surface area contributed by atoms with Crippen LogP contribution in [0.1, 0.15) is 25.5 Å². The molecule has 0 bridgehead atoms. The molecule has 4 heteroatoms. The van der Waals surface area contributed by atoms with Crippen molar-refractivity contribution in [1.29, 1.82) is 0 Å². The van der Waals surface area contributed by atoms with Gasteiger partial charge in [-0.25, -0.2) is 0 Å². The summed E-state index contributed by atoms with van der Waals surface area (Å²) in [5.74, 6) is 0.793. The Kier molecular flexibility index (Phi) is 6.32. The highest BCUT2D eigenvalue weighted by molar-refractivity contribution is 5.85. The molecule has 0 heterocycles. The predicted molar refractivity (Wildman–Crippen MR) is 63.5 cm³/mol. The van der Waals surface area contributed by atoms with Crippen molar-refractivity contribution in [2.24, 2.45) is 5.73 Å². The van der Waals surface area contributed by atoms with Gasteiger partial charge in [0.1, 0.15) is 5.75 Å². The molecule has 0 aromatic heterocycles. The predicted octanol–water partition coefficient (Wildman–Crippen LogP) is 1.89. The molecule has 0 saturated carbocycles. The number of aliphatic hydroxyl groups is 1. The van der Waals surface area contributed by atoms with Crippen molar-refractivity contribution in [3.05, 3.63) is 29.8 Å². The molecule has 0 radical (unpaired) electrons. The van der Waals surface area contributed by atoms with E-state index in [1.165, 1.54) is 0 Å². The number of hydrogen-bond donors (Lipinski definition) is 2. The van der Waals surface area contributed by atoms with E-state index < -0.39 is 6.10 Å². The Bertz CT molecular complexity index is 292. The Hall–Kier alpha value is -0.770. The molecule has 0 fully saturated rings. The molecule has 2 atom stereocenters. The van der Waals surface area contributed by atoms with Crippen LogP contribution < -0.4 is 10.5 Å². The summed E-state index contributed by atoms with van der Waals surface area (Å²) in [4.78, 5) is 0. The second-order valence-electron chi connectivity index (χ2n) is 3.27. The van der Waals surface area contributed by atoms with Crippen LogP contribution in [0.2, 0.25) is 0 Å². The van der Waals surface area contributed by atoms with Crippen molar-refractivity contribution in [2.75, 3.05) is 6.61 Å². The average molecular weight is 232 g/mol. The van der Waals surface area contributed by atoms with Crippen molar-refractivity contribution >= 4 is 12.4 Å². The molecule has 1 rings (SSSR count). The SMILES string of the molecule is CCOc1cccc(C(N)C(C)O)c1.Cl. The van der Waals surface area contributed by atoms with Crippen molar-refractivity contribution in [1.82, 2.24) is 0 Å². The second kappa shape index (κ2) is 6.67. The van der Waals surface area contributed by atoms with Crippen LogP contribution in [0.15, 0.2) is 24.3 Å². The van der Waals surface area contributed by atoms with Crippen LogP contribution in [0, 0.1) is 0 Å². The minimum atomic E-state index is -0.549. The first kappa shape index (κ1) is 14.2. The van der Waals surface area contributed by atoms with Crippen molar-refractivity contribution < 1.29 is 9.84 Å². The summed E-state index contributed by atoms with van der Waals surface area (Å²) in [5.41, 5.74) is 6.69. The molecule has 3 N–H and O–H groups in total. The zero-order valence-electron chi connectivity index (χ0n) is 9.01. The number of aliphatic hydroxyl groups excluding tert-OH is 1. The van der Waals surface area contributed by atoms with E-state index in [1.807, 2.05) is 31.2 Å². The maximum Gasteiger partial charge on any atom is 0.119 e. The standard InChI is InChI=1S/C11H17NO2.ClH/c1-3-14-10-6-4-5-9(7-10)11(12)8(2)13;/h4-8,11,13H,3,12H2,1-2H3;1H. The molecule has 0 aliphatic rings. The van der Waals surface area contributed by atoms with Gasteiger partial charge in [-0.3, -0.25) is 0 Å². The van der Waals surface area contributed by atoms with Gasteiger partial charge in [-0.05, 0) is 31.5 Å². The zero-order chi connectivity index (χ0) is 10.6. The van der Waals surface area contributed by atoms with Crippen LogP contribution in [0.25, 0.3) is 0 Å². The smallest absolute Gasteiger partial charge is 0.119 e. The van der Waals surface area contributed by atoms with Crippen LogP contribution in [0.4, 0.5) is 0 Å². The third kappa shape index (κ3) is 4.08. The topological polar surface area (TPSA) is 55.5 Å². The first-order valence-electron chi connectivity index (χ1n) is 4.81. The summed E-state index contributed by atoms with van der Waals surface area (Å²) in [7, 11) is 0. The van der Waals surface area contributed by atoms with Gasteiger partial charge in [0.25, 0.3) is 0 Å². The van der Waals surface area contributed by atoms with Crippen molar-refractivity contribution in [2.45, 2.75) is 26.0 Å². The number of ether oxygens (including phenoxy) is 1. The van der Waals surface area contributed by atoms with Crippen LogP contribution in [-0.4, -0.2) is 17.8 Å². The Labute approximate surface area is 96.7 Å². The highest BCUT2D eigenvalue weighted by atomic mass is 35.5. The molecule has 86 valence electrons. The second-order valence-corrected chi connectivity index (χ2v) is 3.27. The van der Waals surface area contributed by atoms with Crippen LogP contribution in [-0.2, 0) is 0 Å². The molecule has 0 aliphatic heterocycles. The lowest BCUT2D eigenvalue weighted by Crippen LogP contribution is -2.23. The molecule has 15 heavy (non-hydrogen) atoms. The van der Waals surface area contributed by atoms with Gasteiger partial charge in [-0.1, -0.05) is 12.1 Å². The van der Waals surface area contributed by atoms with Gasteiger partial charge in [0.15, 0.2) is 0 Å². The van der Waals surface area contributed by atoms with E-state index in [1.54, 1.807) is 6.92 Å². The molecule has 1 aromatic rings. The van der Waals surface area contributed by atoms with Gasteiger partial charge in [0, 0.05) is 0 Å². The number of nitrogens with two attached hydrogens (primary N) is 1. The van der Waals surface area contributed by atoms with Crippen LogP contribution in [0.5, 0.6) is 5.75 Å². The molecule has 0 saturated heterocycles.